The van der Waals surface area contributed by atoms with Gasteiger partial charge in [0, 0.05) is 11.1 Å². The molecule has 220 valence electrons. The Bertz CT molecular complexity index is 1260. The molecule has 0 saturated heterocycles. The van der Waals surface area contributed by atoms with Crippen LogP contribution in [0.3, 0.4) is 0 Å². The zero-order chi connectivity index (χ0) is 29.0. The molecule has 2 atom stereocenters. The highest BCUT2D eigenvalue weighted by molar-refractivity contribution is 5.82. The van der Waals surface area contributed by atoms with Gasteiger partial charge in [-0.3, -0.25) is 0 Å². The van der Waals surface area contributed by atoms with Crippen molar-refractivity contribution >= 4 is 0 Å². The van der Waals surface area contributed by atoms with E-state index in [0.29, 0.717) is 26.4 Å². The molecule has 0 bridgehead atoms. The van der Waals surface area contributed by atoms with Gasteiger partial charge in [0.25, 0.3) is 0 Å². The molecular formula is C38H44O4. The fourth-order valence-corrected chi connectivity index (χ4v) is 5.56. The molecule has 0 N–H and O–H groups in total. The van der Waals surface area contributed by atoms with E-state index in [-0.39, 0.29) is 12.2 Å². The van der Waals surface area contributed by atoms with Gasteiger partial charge in [0.05, 0.1) is 26.4 Å². The summed E-state index contributed by atoms with van der Waals surface area (Å²) in [5.41, 5.74) is 7.23. The first-order valence-electron chi connectivity index (χ1n) is 15.6. The van der Waals surface area contributed by atoms with E-state index in [4.69, 9.17) is 18.9 Å². The Morgan fingerprint density at radius 1 is 0.524 bits per heavy atom. The van der Waals surface area contributed by atoms with Crippen LogP contribution in [-0.4, -0.2) is 25.4 Å². The number of fused-ring (bicyclic) bond motifs is 3. The maximum atomic E-state index is 6.90. The number of benzene rings is 4. The smallest absolute Gasteiger partial charge is 0.161 e. The Hall–Kier alpha value is -3.60. The summed E-state index contributed by atoms with van der Waals surface area (Å²) in [6, 6.07) is 33.5. The molecule has 0 aliphatic carbocycles. The number of hydrogen-bond acceptors (Lipinski definition) is 4. The van der Waals surface area contributed by atoms with Crippen molar-refractivity contribution in [2.24, 2.45) is 0 Å². The fourth-order valence-electron chi connectivity index (χ4n) is 5.56. The summed E-state index contributed by atoms with van der Waals surface area (Å²) in [5.74, 6) is 1.80. The van der Waals surface area contributed by atoms with E-state index < -0.39 is 0 Å². The van der Waals surface area contributed by atoms with Gasteiger partial charge in [-0.15, -0.1) is 0 Å². The summed E-state index contributed by atoms with van der Waals surface area (Å²) < 4.78 is 26.3. The Kier molecular flexibility index (Phi) is 11.1. The molecule has 4 nitrogen and oxygen atoms in total. The topological polar surface area (TPSA) is 36.9 Å². The zero-order valence-corrected chi connectivity index (χ0v) is 25.1. The average Bonchev–Trinajstić information content (AvgIpc) is 3.02. The summed E-state index contributed by atoms with van der Waals surface area (Å²) in [6.45, 7) is 6.29. The maximum Gasteiger partial charge on any atom is 0.161 e. The van der Waals surface area contributed by atoms with Crippen molar-refractivity contribution in [1.82, 2.24) is 0 Å². The van der Waals surface area contributed by atoms with Crippen LogP contribution >= 0.6 is 0 Å². The lowest BCUT2D eigenvalue weighted by Crippen LogP contribution is -2.44. The van der Waals surface area contributed by atoms with Gasteiger partial charge in [0.15, 0.2) is 12.2 Å². The molecule has 0 aromatic heterocycles. The third-order valence-corrected chi connectivity index (χ3v) is 7.83. The first-order valence-corrected chi connectivity index (χ1v) is 15.6. The predicted molar refractivity (Wildman–Crippen MR) is 170 cm³/mol. The van der Waals surface area contributed by atoms with Crippen LogP contribution in [0.25, 0.3) is 11.1 Å². The highest BCUT2D eigenvalue weighted by atomic mass is 16.6. The first-order chi connectivity index (χ1) is 20.8. The van der Waals surface area contributed by atoms with Crippen LogP contribution in [0, 0.1) is 0 Å². The van der Waals surface area contributed by atoms with Crippen molar-refractivity contribution in [3.8, 4) is 22.6 Å². The molecule has 42 heavy (non-hydrogen) atoms. The Morgan fingerprint density at radius 2 is 0.952 bits per heavy atom. The Balaban J connectivity index is 1.49. The maximum absolute atomic E-state index is 6.90. The van der Waals surface area contributed by atoms with Gasteiger partial charge in [-0.05, 0) is 60.1 Å². The van der Waals surface area contributed by atoms with Crippen molar-refractivity contribution in [1.29, 1.82) is 0 Å². The number of aryl methyl sites for hydroxylation is 2. The molecule has 0 fully saturated rings. The molecule has 1 aliphatic heterocycles. The highest BCUT2D eigenvalue weighted by Crippen LogP contribution is 2.45. The van der Waals surface area contributed by atoms with Crippen molar-refractivity contribution in [3.05, 3.63) is 119 Å². The molecule has 1 aliphatic rings. The minimum Gasteiger partial charge on any atom is -0.483 e. The summed E-state index contributed by atoms with van der Waals surface area (Å²) in [7, 11) is 0. The summed E-state index contributed by atoms with van der Waals surface area (Å²) in [5, 5.41) is 0. The van der Waals surface area contributed by atoms with Crippen LogP contribution in [-0.2, 0) is 35.5 Å². The van der Waals surface area contributed by atoms with Crippen LogP contribution < -0.4 is 9.47 Å². The first kappa shape index (κ1) is 29.9. The van der Waals surface area contributed by atoms with Crippen LogP contribution in [0.15, 0.2) is 97.1 Å². The summed E-state index contributed by atoms with van der Waals surface area (Å²) in [6.07, 6.45) is 5.85. The lowest BCUT2D eigenvalue weighted by molar-refractivity contribution is -0.0552. The lowest BCUT2D eigenvalue weighted by Gasteiger charge is -2.34. The standard InChI is InChI=1S/C38H44O4/c1-3-5-19-31-21-13-23-33-37(31)38-32(20-6-4-2)22-14-24-34(38)42-36(28-40-26-30-17-11-8-12-18-30)35(41-33)27-39-25-29-15-9-7-10-16-29/h7-18,21-24,35-36H,3-6,19-20,25-28H2,1-2H3/t35-,36-/m1/s1. The average molecular weight is 565 g/mol. The Morgan fingerprint density at radius 3 is 1.36 bits per heavy atom. The van der Waals surface area contributed by atoms with Crippen molar-refractivity contribution in [2.75, 3.05) is 13.2 Å². The number of ether oxygens (including phenoxy) is 4. The molecule has 4 aromatic carbocycles. The number of rotatable bonds is 14. The van der Waals surface area contributed by atoms with Crippen LogP contribution in [0.5, 0.6) is 11.5 Å². The molecular weight excluding hydrogens is 520 g/mol. The quantitative estimate of drug-likeness (QED) is 0.153. The van der Waals surface area contributed by atoms with Crippen LogP contribution in [0.4, 0.5) is 0 Å². The van der Waals surface area contributed by atoms with Gasteiger partial charge >= 0.3 is 0 Å². The summed E-state index contributed by atoms with van der Waals surface area (Å²) >= 11 is 0. The number of hydrogen-bond donors (Lipinski definition) is 0. The van der Waals surface area contributed by atoms with E-state index in [2.05, 4.69) is 74.5 Å². The second-order valence-corrected chi connectivity index (χ2v) is 11.1. The fraction of sp³-hybridized carbons (Fsp3) is 0.368. The normalized spacial score (nSPS) is 16.0. The van der Waals surface area contributed by atoms with Gasteiger partial charge in [0.1, 0.15) is 11.5 Å². The highest BCUT2D eigenvalue weighted by Gasteiger charge is 2.32. The van der Waals surface area contributed by atoms with Gasteiger partial charge in [-0.2, -0.15) is 0 Å². The largest absolute Gasteiger partial charge is 0.483 e. The molecule has 0 radical (unpaired) electrons. The SMILES string of the molecule is CCCCc1cccc2c1-c1c(CCCC)cccc1O[C@H](COCc1ccccc1)[C@@H](COCc1ccccc1)O2. The van der Waals surface area contributed by atoms with E-state index in [1.165, 1.54) is 22.3 Å². The molecule has 5 rings (SSSR count). The number of unbranched alkanes of at least 4 members (excludes halogenated alkanes) is 2. The minimum atomic E-state index is -0.350. The molecule has 1 heterocycles. The van der Waals surface area contributed by atoms with Gasteiger partial charge < -0.3 is 18.9 Å². The van der Waals surface area contributed by atoms with E-state index in [9.17, 15) is 0 Å². The molecule has 4 heteroatoms. The predicted octanol–water partition coefficient (Wildman–Crippen LogP) is 8.98. The molecule has 0 saturated carbocycles. The van der Waals surface area contributed by atoms with Gasteiger partial charge in [0.2, 0.25) is 0 Å². The van der Waals surface area contributed by atoms with Gasteiger partial charge in [-0.25, -0.2) is 0 Å². The van der Waals surface area contributed by atoms with Crippen molar-refractivity contribution in [2.45, 2.75) is 77.8 Å². The lowest BCUT2D eigenvalue weighted by atomic mass is 9.89. The van der Waals surface area contributed by atoms with E-state index in [1.54, 1.807) is 0 Å². The van der Waals surface area contributed by atoms with E-state index >= 15 is 0 Å². The second-order valence-electron chi connectivity index (χ2n) is 11.1. The van der Waals surface area contributed by atoms with Crippen LogP contribution in [0.1, 0.15) is 61.8 Å². The third kappa shape index (κ3) is 7.81. The van der Waals surface area contributed by atoms with Gasteiger partial charge in [-0.1, -0.05) is 112 Å². The van der Waals surface area contributed by atoms with E-state index in [0.717, 1.165) is 61.2 Å². The van der Waals surface area contributed by atoms with Crippen molar-refractivity contribution in [3.63, 3.8) is 0 Å². The van der Waals surface area contributed by atoms with Crippen molar-refractivity contribution < 1.29 is 18.9 Å². The molecule has 0 spiro atoms. The monoisotopic (exact) mass is 564 g/mol. The van der Waals surface area contributed by atoms with E-state index in [1.807, 2.05) is 36.4 Å². The second kappa shape index (κ2) is 15.6. The molecule has 0 amide bonds. The molecule has 0 unspecified atom stereocenters. The third-order valence-electron chi connectivity index (χ3n) is 7.83. The zero-order valence-electron chi connectivity index (χ0n) is 25.1. The summed E-state index contributed by atoms with van der Waals surface area (Å²) in [4.78, 5) is 0. The Labute approximate surface area is 251 Å². The molecule has 4 aromatic rings. The minimum absolute atomic E-state index is 0.350. The van der Waals surface area contributed by atoms with Crippen LogP contribution in [0.2, 0.25) is 0 Å².